The molecule has 0 spiro atoms. The number of ether oxygens (including phenoxy) is 1. The fourth-order valence-corrected chi connectivity index (χ4v) is 9.87. The highest BCUT2D eigenvalue weighted by molar-refractivity contribution is 6.62. The number of rotatable bonds is 8. The SMILES string of the molecule is CC1(C)OB(c2ccc(-c3c(-c4ccc(C#N)cc4)c(-c4ccc(C#N)cc4)c(-c4ccc(C#N)cc4)c(-c4ccc(C#N)cc4)c3-c3ccc(N4c5ccccc5Oc5ccccc54)cc3)cc2)OC1(C)C. The van der Waals surface area contributed by atoms with Gasteiger partial charge >= 0.3 is 7.12 Å². The van der Waals surface area contributed by atoms with Crippen molar-refractivity contribution in [3.8, 4) is 103 Å². The lowest BCUT2D eigenvalue weighted by molar-refractivity contribution is 0.00578. The highest BCUT2D eigenvalue weighted by Gasteiger charge is 2.51. The first-order chi connectivity index (χ1) is 35.5. The van der Waals surface area contributed by atoms with E-state index in [0.717, 1.165) is 101 Å². The Morgan fingerprint density at radius 2 is 0.630 bits per heavy atom. The van der Waals surface area contributed by atoms with Crippen LogP contribution in [0.25, 0.3) is 66.8 Å². The first kappa shape index (κ1) is 45.9. The molecule has 0 bridgehead atoms. The number of nitrogens with zero attached hydrogens (tertiary/aromatic N) is 5. The van der Waals surface area contributed by atoms with Crippen LogP contribution in [-0.4, -0.2) is 18.3 Å². The Kier molecular flexibility index (Phi) is 11.6. The highest BCUT2D eigenvalue weighted by Crippen LogP contribution is 2.57. The van der Waals surface area contributed by atoms with Crippen molar-refractivity contribution in [2.75, 3.05) is 4.90 Å². The quantitative estimate of drug-likeness (QED) is 0.138. The van der Waals surface area contributed by atoms with Gasteiger partial charge in [-0.15, -0.1) is 0 Å². The van der Waals surface area contributed by atoms with Crippen LogP contribution in [-0.2, 0) is 9.31 Å². The molecule has 1 fully saturated rings. The van der Waals surface area contributed by atoms with Gasteiger partial charge in [0.15, 0.2) is 11.5 Å². The van der Waals surface area contributed by atoms with Crippen molar-refractivity contribution >= 4 is 29.6 Å². The zero-order valence-electron chi connectivity index (χ0n) is 40.5. The van der Waals surface area contributed by atoms with Crippen LogP contribution in [0, 0.1) is 45.3 Å². The van der Waals surface area contributed by atoms with E-state index >= 15 is 0 Å². The van der Waals surface area contributed by atoms with Crippen LogP contribution in [0.3, 0.4) is 0 Å². The lowest BCUT2D eigenvalue weighted by Crippen LogP contribution is -2.41. The summed E-state index contributed by atoms with van der Waals surface area (Å²) in [6.07, 6.45) is 0. The lowest BCUT2D eigenvalue weighted by Gasteiger charge is -2.33. The van der Waals surface area contributed by atoms with Crippen molar-refractivity contribution < 1.29 is 14.0 Å². The molecule has 1 saturated heterocycles. The fraction of sp³-hybridized carbons (Fsp3) is 0.0938. The smallest absolute Gasteiger partial charge is 0.453 e. The molecule has 0 aliphatic carbocycles. The van der Waals surface area contributed by atoms with Crippen LogP contribution in [0.4, 0.5) is 17.1 Å². The molecule has 73 heavy (non-hydrogen) atoms. The van der Waals surface area contributed by atoms with E-state index < -0.39 is 18.3 Å². The number of anilines is 3. The van der Waals surface area contributed by atoms with E-state index in [4.69, 9.17) is 14.0 Å². The molecule has 0 saturated carbocycles. The summed E-state index contributed by atoms with van der Waals surface area (Å²) in [5.74, 6) is 1.49. The summed E-state index contributed by atoms with van der Waals surface area (Å²) in [7, 11) is -0.596. The molecule has 8 nitrogen and oxygen atoms in total. The van der Waals surface area contributed by atoms with Crippen LogP contribution in [0.5, 0.6) is 11.5 Å². The molecule has 9 heteroatoms. The predicted molar refractivity (Wildman–Crippen MR) is 288 cm³/mol. The van der Waals surface area contributed by atoms with E-state index in [2.05, 4.69) is 89.8 Å². The Bertz CT molecular complexity index is 3720. The summed E-state index contributed by atoms with van der Waals surface area (Å²) in [6, 6.07) is 72.8. The molecule has 0 aromatic heterocycles. The van der Waals surface area contributed by atoms with E-state index in [1.807, 2.05) is 161 Å². The van der Waals surface area contributed by atoms with E-state index in [-0.39, 0.29) is 0 Å². The first-order valence-corrected chi connectivity index (χ1v) is 24.0. The van der Waals surface area contributed by atoms with Gasteiger partial charge in [-0.25, -0.2) is 0 Å². The highest BCUT2D eigenvalue weighted by atomic mass is 16.7. The average molecular weight is 942 g/mol. The third kappa shape index (κ3) is 8.16. The van der Waals surface area contributed by atoms with Crippen LogP contribution < -0.4 is 15.1 Å². The molecule has 11 rings (SSSR count). The normalized spacial score (nSPS) is 13.9. The van der Waals surface area contributed by atoms with Gasteiger partial charge in [0.1, 0.15) is 0 Å². The minimum atomic E-state index is -0.596. The molecular formula is C64H44BN5O3. The van der Waals surface area contributed by atoms with Crippen molar-refractivity contribution in [1.82, 2.24) is 0 Å². The zero-order chi connectivity index (χ0) is 50.4. The van der Waals surface area contributed by atoms with Crippen molar-refractivity contribution in [3.63, 3.8) is 0 Å². The van der Waals surface area contributed by atoms with Crippen LogP contribution in [0.15, 0.2) is 194 Å². The van der Waals surface area contributed by atoms with Crippen LogP contribution >= 0.6 is 0 Å². The molecule has 0 N–H and O–H groups in total. The monoisotopic (exact) mass is 941 g/mol. The first-order valence-electron chi connectivity index (χ1n) is 24.0. The Labute approximate surface area is 425 Å². The summed E-state index contributed by atoms with van der Waals surface area (Å²) in [4.78, 5) is 2.22. The third-order valence-corrected chi connectivity index (χ3v) is 14.3. The molecule has 0 atom stereocenters. The second-order valence-corrected chi connectivity index (χ2v) is 19.1. The second kappa shape index (κ2) is 18.4. The number of fused-ring (bicyclic) bond motifs is 2. The maximum absolute atomic E-state index is 10.1. The van der Waals surface area contributed by atoms with E-state index in [9.17, 15) is 21.0 Å². The Balaban J connectivity index is 1.28. The van der Waals surface area contributed by atoms with Crippen molar-refractivity contribution in [2.24, 2.45) is 0 Å². The topological polar surface area (TPSA) is 126 Å². The van der Waals surface area contributed by atoms with E-state index in [1.165, 1.54) is 0 Å². The minimum Gasteiger partial charge on any atom is -0.453 e. The van der Waals surface area contributed by atoms with Crippen LogP contribution in [0.1, 0.15) is 49.9 Å². The zero-order valence-corrected chi connectivity index (χ0v) is 40.5. The van der Waals surface area contributed by atoms with Crippen LogP contribution in [0.2, 0.25) is 0 Å². The average Bonchev–Trinajstić information content (AvgIpc) is 3.67. The minimum absolute atomic E-state index is 0.511. The second-order valence-electron chi connectivity index (χ2n) is 19.1. The Morgan fingerprint density at radius 3 is 0.932 bits per heavy atom. The van der Waals surface area contributed by atoms with Gasteiger partial charge in [-0.3, -0.25) is 0 Å². The summed E-state index contributed by atoms with van der Waals surface area (Å²) in [5, 5.41) is 40.3. The summed E-state index contributed by atoms with van der Waals surface area (Å²) < 4.78 is 19.5. The molecule has 2 aliphatic rings. The molecular weight excluding hydrogens is 898 g/mol. The molecule has 0 radical (unpaired) electrons. The number of nitriles is 4. The molecule has 9 aromatic carbocycles. The number of para-hydroxylation sites is 4. The molecule has 346 valence electrons. The summed E-state index contributed by atoms with van der Waals surface area (Å²) in [5.41, 5.74) is 15.1. The van der Waals surface area contributed by atoms with E-state index in [0.29, 0.717) is 22.3 Å². The number of hydrogen-bond donors (Lipinski definition) is 0. The van der Waals surface area contributed by atoms with Gasteiger partial charge in [-0.2, -0.15) is 21.0 Å². The van der Waals surface area contributed by atoms with Gasteiger partial charge in [-0.05, 0) is 185 Å². The molecule has 2 heterocycles. The standard InChI is InChI=1S/C64H44BN5O3/c1-63(2)64(3,4)73-65(72-63)51-33-29-49(30-34-51)61-59(47-25-17-43(39-68)18-26-47)57(45-21-13-41(37-66)14-22-45)58(46-23-15-42(38-67)16-24-46)60(48-27-19-44(40-69)20-28-48)62(61)50-31-35-52(36-32-50)70-53-9-5-7-11-55(53)71-56-12-8-6-10-54(56)70/h5-36H,1-4H3. The number of benzene rings is 9. The Hall–Kier alpha value is -9.48. The molecule has 0 unspecified atom stereocenters. The number of hydrogen-bond acceptors (Lipinski definition) is 8. The molecule has 0 amide bonds. The van der Waals surface area contributed by atoms with Gasteiger partial charge in [0.05, 0.1) is 69.1 Å². The largest absolute Gasteiger partial charge is 0.494 e. The molecule has 2 aliphatic heterocycles. The van der Waals surface area contributed by atoms with Crippen molar-refractivity contribution in [2.45, 2.75) is 38.9 Å². The summed E-state index contributed by atoms with van der Waals surface area (Å²) >= 11 is 0. The lowest BCUT2D eigenvalue weighted by atomic mass is 9.73. The third-order valence-electron chi connectivity index (χ3n) is 14.3. The van der Waals surface area contributed by atoms with Crippen molar-refractivity contribution in [1.29, 1.82) is 21.0 Å². The van der Waals surface area contributed by atoms with Gasteiger partial charge in [0, 0.05) is 5.69 Å². The molecule has 9 aromatic rings. The van der Waals surface area contributed by atoms with Gasteiger partial charge in [-0.1, -0.05) is 109 Å². The predicted octanol–water partition coefficient (Wildman–Crippen LogP) is 15.1. The fourth-order valence-electron chi connectivity index (χ4n) is 9.87. The van der Waals surface area contributed by atoms with Crippen molar-refractivity contribution in [3.05, 3.63) is 216 Å². The van der Waals surface area contributed by atoms with Gasteiger partial charge in [0.25, 0.3) is 0 Å². The maximum atomic E-state index is 10.1. The van der Waals surface area contributed by atoms with Gasteiger partial charge in [0.2, 0.25) is 0 Å². The Morgan fingerprint density at radius 1 is 0.356 bits per heavy atom. The van der Waals surface area contributed by atoms with E-state index in [1.54, 1.807) is 0 Å². The summed E-state index contributed by atoms with van der Waals surface area (Å²) in [6.45, 7) is 8.18. The van der Waals surface area contributed by atoms with Gasteiger partial charge < -0.3 is 18.9 Å². The maximum Gasteiger partial charge on any atom is 0.494 e.